The average Bonchev–Trinajstić information content (AvgIpc) is 2.51. The van der Waals surface area contributed by atoms with Gasteiger partial charge in [0.2, 0.25) is 0 Å². The molecule has 5 heteroatoms. The third-order valence-electron chi connectivity index (χ3n) is 3.05. The summed E-state index contributed by atoms with van der Waals surface area (Å²) in [6, 6.07) is 7.90. The summed E-state index contributed by atoms with van der Waals surface area (Å²) in [6.45, 7) is 4.57. The summed E-state index contributed by atoms with van der Waals surface area (Å²) >= 11 is 0. The van der Waals surface area contributed by atoms with E-state index in [-0.39, 0.29) is 6.04 Å². The molecule has 2 rings (SSSR count). The molecule has 0 aliphatic carbocycles. The number of hydrogen-bond donors (Lipinski definition) is 1. The largest absolute Gasteiger partial charge is 0.490 e. The summed E-state index contributed by atoms with van der Waals surface area (Å²) in [6.07, 6.45) is 5.20. The molecule has 0 radical (unpaired) electrons. The molecule has 0 fully saturated rings. The minimum atomic E-state index is 0.138. The van der Waals surface area contributed by atoms with Crippen LogP contribution in [0.15, 0.2) is 36.7 Å². The topological polar surface area (TPSA) is 70.3 Å². The first-order valence-corrected chi connectivity index (χ1v) is 7.19. The smallest absolute Gasteiger partial charge is 0.322 e. The molecular formula is C16H21N3O2. The van der Waals surface area contributed by atoms with Gasteiger partial charge >= 0.3 is 6.01 Å². The van der Waals surface area contributed by atoms with Crippen LogP contribution in [0, 0.1) is 0 Å². The Morgan fingerprint density at radius 2 is 1.76 bits per heavy atom. The molecule has 0 bridgehead atoms. The fourth-order valence-corrected chi connectivity index (χ4v) is 1.86. The highest BCUT2D eigenvalue weighted by Gasteiger charge is 2.08. The van der Waals surface area contributed by atoms with Gasteiger partial charge in [0.05, 0.1) is 6.61 Å². The second-order valence-corrected chi connectivity index (χ2v) is 4.73. The molecule has 1 aromatic heterocycles. The lowest BCUT2D eigenvalue weighted by Crippen LogP contribution is -2.21. The Balaban J connectivity index is 2.06. The zero-order valence-electron chi connectivity index (χ0n) is 12.5. The average molecular weight is 287 g/mol. The van der Waals surface area contributed by atoms with E-state index in [0.29, 0.717) is 24.1 Å². The third-order valence-corrected chi connectivity index (χ3v) is 3.05. The lowest BCUT2D eigenvalue weighted by atomic mass is 10.1. The summed E-state index contributed by atoms with van der Waals surface area (Å²) < 4.78 is 11.2. The van der Waals surface area contributed by atoms with E-state index in [1.807, 2.05) is 31.2 Å². The van der Waals surface area contributed by atoms with Gasteiger partial charge in [0.25, 0.3) is 0 Å². The van der Waals surface area contributed by atoms with Crippen molar-refractivity contribution in [1.29, 1.82) is 0 Å². The van der Waals surface area contributed by atoms with E-state index < -0.39 is 0 Å². The van der Waals surface area contributed by atoms with Crippen LogP contribution in [0.1, 0.15) is 25.8 Å². The fourth-order valence-electron chi connectivity index (χ4n) is 1.86. The highest BCUT2D eigenvalue weighted by atomic mass is 16.5. The van der Waals surface area contributed by atoms with Gasteiger partial charge in [-0.25, -0.2) is 9.97 Å². The lowest BCUT2D eigenvalue weighted by molar-refractivity contribution is 0.317. The number of nitrogens with two attached hydrogens (primary N) is 1. The zero-order valence-corrected chi connectivity index (χ0v) is 12.5. The van der Waals surface area contributed by atoms with Gasteiger partial charge < -0.3 is 15.2 Å². The van der Waals surface area contributed by atoms with Crippen molar-refractivity contribution in [3.63, 3.8) is 0 Å². The number of benzene rings is 1. The van der Waals surface area contributed by atoms with Gasteiger partial charge in [0.15, 0.2) is 11.5 Å². The molecule has 0 spiro atoms. The Kier molecular flexibility index (Phi) is 5.51. The molecule has 0 aliphatic heterocycles. The number of rotatable bonds is 7. The molecule has 5 nitrogen and oxygen atoms in total. The molecule has 1 unspecified atom stereocenters. The molecule has 1 heterocycles. The molecule has 2 aromatic rings. The van der Waals surface area contributed by atoms with Crippen LogP contribution >= 0.6 is 0 Å². The Hall–Kier alpha value is -2.14. The van der Waals surface area contributed by atoms with Crippen molar-refractivity contribution in [2.75, 3.05) is 6.61 Å². The van der Waals surface area contributed by atoms with Crippen molar-refractivity contribution in [2.45, 2.75) is 32.7 Å². The molecule has 0 aliphatic rings. The Morgan fingerprint density at radius 1 is 1.10 bits per heavy atom. The van der Waals surface area contributed by atoms with E-state index in [1.165, 1.54) is 0 Å². The second kappa shape index (κ2) is 7.59. The highest BCUT2D eigenvalue weighted by Crippen LogP contribution is 2.29. The van der Waals surface area contributed by atoms with Gasteiger partial charge in [-0.2, -0.15) is 0 Å². The van der Waals surface area contributed by atoms with E-state index >= 15 is 0 Å². The summed E-state index contributed by atoms with van der Waals surface area (Å²) in [5.41, 5.74) is 6.93. The minimum absolute atomic E-state index is 0.138. The number of para-hydroxylation sites is 2. The van der Waals surface area contributed by atoms with Crippen molar-refractivity contribution in [2.24, 2.45) is 5.73 Å². The Labute approximate surface area is 125 Å². The first kappa shape index (κ1) is 15.3. The maximum Gasteiger partial charge on any atom is 0.322 e. The first-order chi connectivity index (χ1) is 10.2. The quantitative estimate of drug-likeness (QED) is 0.847. The summed E-state index contributed by atoms with van der Waals surface area (Å²) in [4.78, 5) is 8.44. The summed E-state index contributed by atoms with van der Waals surface area (Å²) in [5.74, 6) is 1.29. The molecule has 1 atom stereocenters. The monoisotopic (exact) mass is 287 g/mol. The van der Waals surface area contributed by atoms with E-state index in [9.17, 15) is 0 Å². The van der Waals surface area contributed by atoms with Crippen LogP contribution in [0.2, 0.25) is 0 Å². The number of ether oxygens (including phenoxy) is 2. The van der Waals surface area contributed by atoms with Crippen molar-refractivity contribution in [3.05, 3.63) is 42.2 Å². The minimum Gasteiger partial charge on any atom is -0.490 e. The standard InChI is InChI=1S/C16H21N3O2/c1-3-13(17)9-12-10-18-16(19-11-12)21-15-8-6-5-7-14(15)20-4-2/h5-8,10-11,13H,3-4,9,17H2,1-2H3. The highest BCUT2D eigenvalue weighted by molar-refractivity contribution is 5.40. The maximum absolute atomic E-state index is 5.92. The molecular weight excluding hydrogens is 266 g/mol. The molecule has 2 N–H and O–H groups in total. The molecule has 21 heavy (non-hydrogen) atoms. The van der Waals surface area contributed by atoms with Crippen LogP contribution in [0.3, 0.4) is 0 Å². The van der Waals surface area contributed by atoms with Gasteiger partial charge in [-0.3, -0.25) is 0 Å². The second-order valence-electron chi connectivity index (χ2n) is 4.73. The zero-order chi connectivity index (χ0) is 15.1. The molecule has 0 saturated heterocycles. The van der Waals surface area contributed by atoms with E-state index in [1.54, 1.807) is 12.4 Å². The van der Waals surface area contributed by atoms with Crippen LogP contribution in [0.25, 0.3) is 0 Å². The maximum atomic E-state index is 5.92. The van der Waals surface area contributed by atoms with Crippen molar-refractivity contribution >= 4 is 0 Å². The molecule has 0 amide bonds. The van der Waals surface area contributed by atoms with Crippen molar-refractivity contribution < 1.29 is 9.47 Å². The van der Waals surface area contributed by atoms with Crippen molar-refractivity contribution in [3.8, 4) is 17.5 Å². The first-order valence-electron chi connectivity index (χ1n) is 7.19. The Bertz CT molecular complexity index is 558. The van der Waals surface area contributed by atoms with Gasteiger partial charge in [0, 0.05) is 18.4 Å². The van der Waals surface area contributed by atoms with Crippen LogP contribution in [0.5, 0.6) is 17.5 Å². The predicted molar refractivity (Wildman–Crippen MR) is 81.7 cm³/mol. The van der Waals surface area contributed by atoms with Gasteiger partial charge in [-0.1, -0.05) is 19.1 Å². The molecule has 0 saturated carbocycles. The predicted octanol–water partition coefficient (Wildman–Crippen LogP) is 2.95. The summed E-state index contributed by atoms with van der Waals surface area (Å²) in [7, 11) is 0. The SMILES string of the molecule is CCOc1ccccc1Oc1ncc(CC(N)CC)cn1. The van der Waals surface area contributed by atoms with E-state index in [4.69, 9.17) is 15.2 Å². The molecule has 112 valence electrons. The van der Waals surface area contributed by atoms with Crippen LogP contribution in [-0.2, 0) is 6.42 Å². The lowest BCUT2D eigenvalue weighted by Gasteiger charge is -2.11. The van der Waals surface area contributed by atoms with Gasteiger partial charge in [-0.15, -0.1) is 0 Å². The molecule has 1 aromatic carbocycles. The summed E-state index contributed by atoms with van der Waals surface area (Å²) in [5, 5.41) is 0. The van der Waals surface area contributed by atoms with Crippen LogP contribution in [-0.4, -0.2) is 22.6 Å². The van der Waals surface area contributed by atoms with Gasteiger partial charge in [0.1, 0.15) is 0 Å². The number of aromatic nitrogens is 2. The van der Waals surface area contributed by atoms with Crippen LogP contribution < -0.4 is 15.2 Å². The van der Waals surface area contributed by atoms with E-state index in [0.717, 1.165) is 18.4 Å². The van der Waals surface area contributed by atoms with Crippen molar-refractivity contribution in [1.82, 2.24) is 9.97 Å². The van der Waals surface area contributed by atoms with Gasteiger partial charge in [-0.05, 0) is 37.5 Å². The number of nitrogens with zero attached hydrogens (tertiary/aromatic N) is 2. The fraction of sp³-hybridized carbons (Fsp3) is 0.375. The van der Waals surface area contributed by atoms with Crippen LogP contribution in [0.4, 0.5) is 0 Å². The Morgan fingerprint density at radius 3 is 2.38 bits per heavy atom. The van der Waals surface area contributed by atoms with E-state index in [2.05, 4.69) is 16.9 Å². The number of hydrogen-bond acceptors (Lipinski definition) is 5. The normalized spacial score (nSPS) is 12.0. The third kappa shape index (κ3) is 4.43.